The lowest BCUT2D eigenvalue weighted by Crippen LogP contribution is -2.34. The van der Waals surface area contributed by atoms with E-state index in [1.807, 2.05) is 0 Å². The Morgan fingerprint density at radius 2 is 1.83 bits per heavy atom. The Balaban J connectivity index is 1.93. The fraction of sp³-hybridized carbons (Fsp3) is 0.214. The number of thiol groups is 1. The lowest BCUT2D eigenvalue weighted by atomic mass is 10.1. The molecule has 124 valence electrons. The Bertz CT molecular complexity index is 694. The van der Waals surface area contributed by atoms with E-state index in [9.17, 15) is 18.7 Å². The standard InChI is InChI=1S/C14H12F2O6S/c15-14(16,21-22-23)13(18)20-8-7-19-12-6-2-3-9-10(12)4-1-5-11(9)17/h1-6,17,23H,7-8H2. The number of phenols is 1. The molecule has 9 heteroatoms. The highest BCUT2D eigenvalue weighted by molar-refractivity contribution is 7.74. The number of fused-ring (bicyclic) bond motifs is 1. The van der Waals surface area contributed by atoms with Crippen molar-refractivity contribution in [3.63, 3.8) is 0 Å². The highest BCUT2D eigenvalue weighted by Crippen LogP contribution is 2.31. The molecule has 0 unspecified atom stereocenters. The Labute approximate surface area is 135 Å². The number of ether oxygens (including phenoxy) is 2. The van der Waals surface area contributed by atoms with Crippen LogP contribution in [0.25, 0.3) is 10.8 Å². The molecule has 0 aliphatic heterocycles. The minimum absolute atomic E-state index is 0.0860. The van der Waals surface area contributed by atoms with Gasteiger partial charge >= 0.3 is 12.1 Å². The normalized spacial score (nSPS) is 11.4. The summed E-state index contributed by atoms with van der Waals surface area (Å²) in [5.74, 6) is -1.43. The van der Waals surface area contributed by atoms with Crippen LogP contribution in [-0.2, 0) is 18.8 Å². The number of esters is 1. The lowest BCUT2D eigenvalue weighted by Gasteiger charge is -2.13. The Kier molecular flexibility index (Phi) is 5.59. The smallest absolute Gasteiger partial charge is 0.483 e. The lowest BCUT2D eigenvalue weighted by molar-refractivity contribution is -0.369. The van der Waals surface area contributed by atoms with Crippen LogP contribution >= 0.6 is 12.9 Å². The van der Waals surface area contributed by atoms with E-state index < -0.39 is 18.7 Å². The van der Waals surface area contributed by atoms with E-state index >= 15 is 0 Å². The molecule has 0 aromatic heterocycles. The molecule has 2 aromatic rings. The molecule has 1 N–H and O–H groups in total. The summed E-state index contributed by atoms with van der Waals surface area (Å²) < 4.78 is 38.9. The van der Waals surface area contributed by atoms with Gasteiger partial charge in [0.15, 0.2) is 0 Å². The molecule has 0 aliphatic carbocycles. The van der Waals surface area contributed by atoms with Crippen LogP contribution < -0.4 is 4.74 Å². The molecule has 0 amide bonds. The van der Waals surface area contributed by atoms with E-state index in [-0.39, 0.29) is 12.4 Å². The van der Waals surface area contributed by atoms with Gasteiger partial charge in [-0.1, -0.05) is 24.3 Å². The summed E-state index contributed by atoms with van der Waals surface area (Å²) >= 11 is 2.95. The van der Waals surface area contributed by atoms with Crippen LogP contribution in [0.4, 0.5) is 8.78 Å². The third-order valence-corrected chi connectivity index (χ3v) is 2.89. The van der Waals surface area contributed by atoms with Gasteiger partial charge in [-0.3, -0.25) is 0 Å². The molecule has 0 atom stereocenters. The molecule has 2 aromatic carbocycles. The van der Waals surface area contributed by atoms with Crippen molar-refractivity contribution in [2.24, 2.45) is 0 Å². The average molecular weight is 346 g/mol. The molecule has 0 radical (unpaired) electrons. The first-order valence-electron chi connectivity index (χ1n) is 6.33. The van der Waals surface area contributed by atoms with Crippen molar-refractivity contribution >= 4 is 29.7 Å². The van der Waals surface area contributed by atoms with Gasteiger partial charge in [0.2, 0.25) is 0 Å². The predicted octanol–water partition coefficient (Wildman–Crippen LogP) is 2.85. The zero-order valence-corrected chi connectivity index (χ0v) is 12.5. The molecular weight excluding hydrogens is 334 g/mol. The Morgan fingerprint density at radius 1 is 1.13 bits per heavy atom. The highest BCUT2D eigenvalue weighted by Gasteiger charge is 2.44. The summed E-state index contributed by atoms with van der Waals surface area (Å²) in [7, 11) is 0. The molecule has 0 bridgehead atoms. The van der Waals surface area contributed by atoms with Gasteiger partial charge in [0.05, 0.1) is 0 Å². The molecule has 0 spiro atoms. The zero-order chi connectivity index (χ0) is 16.9. The van der Waals surface area contributed by atoms with E-state index in [4.69, 9.17) is 4.74 Å². The van der Waals surface area contributed by atoms with Gasteiger partial charge in [0.25, 0.3) is 0 Å². The number of hydrogen-bond donors (Lipinski definition) is 2. The van der Waals surface area contributed by atoms with Crippen LogP contribution in [-0.4, -0.2) is 30.4 Å². The molecular formula is C14H12F2O6S. The van der Waals surface area contributed by atoms with E-state index in [1.165, 1.54) is 6.07 Å². The second kappa shape index (κ2) is 7.44. The van der Waals surface area contributed by atoms with Crippen LogP contribution in [0.3, 0.4) is 0 Å². The number of halogens is 2. The maximum Gasteiger partial charge on any atom is 0.483 e. The number of aromatic hydroxyl groups is 1. The minimum Gasteiger partial charge on any atom is -0.507 e. The van der Waals surface area contributed by atoms with E-state index in [0.717, 1.165) is 0 Å². The maximum atomic E-state index is 12.9. The summed E-state index contributed by atoms with van der Waals surface area (Å²) in [6.07, 6.45) is -4.26. The van der Waals surface area contributed by atoms with Crippen LogP contribution in [0.5, 0.6) is 11.5 Å². The molecule has 0 heterocycles. The highest BCUT2D eigenvalue weighted by atomic mass is 32.1. The first kappa shape index (κ1) is 17.3. The third kappa shape index (κ3) is 4.21. The number of phenolic OH excluding ortho intramolecular Hbond substituents is 1. The van der Waals surface area contributed by atoms with Crippen molar-refractivity contribution in [2.45, 2.75) is 6.11 Å². The van der Waals surface area contributed by atoms with Crippen LogP contribution in [0.2, 0.25) is 0 Å². The summed E-state index contributed by atoms with van der Waals surface area (Å²) in [5, 5.41) is 11.0. The van der Waals surface area contributed by atoms with Gasteiger partial charge < -0.3 is 14.6 Å². The third-order valence-electron chi connectivity index (χ3n) is 2.81. The van der Waals surface area contributed by atoms with Crippen LogP contribution in [0, 0.1) is 0 Å². The SMILES string of the molecule is O=C(OCCOc1cccc2c(O)cccc12)C(F)(F)OOS. The fourth-order valence-corrected chi connectivity index (χ4v) is 1.93. The Morgan fingerprint density at radius 3 is 2.57 bits per heavy atom. The maximum absolute atomic E-state index is 12.9. The predicted molar refractivity (Wildman–Crippen MR) is 78.2 cm³/mol. The van der Waals surface area contributed by atoms with Crippen molar-refractivity contribution in [1.29, 1.82) is 0 Å². The van der Waals surface area contributed by atoms with Gasteiger partial charge in [-0.2, -0.15) is 13.1 Å². The number of hydrogen-bond acceptors (Lipinski definition) is 7. The van der Waals surface area contributed by atoms with Gasteiger partial charge in [-0.05, 0) is 12.1 Å². The summed E-state index contributed by atoms with van der Waals surface area (Å²) in [4.78, 5) is 14.4. The summed E-state index contributed by atoms with van der Waals surface area (Å²) in [6.45, 7) is -0.599. The number of alkyl halides is 2. The van der Waals surface area contributed by atoms with E-state index in [1.54, 1.807) is 30.3 Å². The molecule has 0 aliphatic rings. The van der Waals surface area contributed by atoms with Crippen LogP contribution in [0.1, 0.15) is 0 Å². The topological polar surface area (TPSA) is 74.2 Å². The first-order valence-corrected chi connectivity index (χ1v) is 6.70. The Hall–Kier alpha value is -2.10. The second-order valence-corrected chi connectivity index (χ2v) is 4.44. The van der Waals surface area contributed by atoms with Crippen LogP contribution in [0.15, 0.2) is 36.4 Å². The number of rotatable bonds is 7. The van der Waals surface area contributed by atoms with Crippen molar-refractivity contribution in [2.75, 3.05) is 13.2 Å². The average Bonchev–Trinajstić information content (AvgIpc) is 2.52. The minimum atomic E-state index is -4.26. The molecule has 23 heavy (non-hydrogen) atoms. The van der Waals surface area contributed by atoms with Gasteiger partial charge in [0, 0.05) is 23.7 Å². The van der Waals surface area contributed by atoms with Crippen molar-refractivity contribution in [3.05, 3.63) is 36.4 Å². The van der Waals surface area contributed by atoms with E-state index in [0.29, 0.717) is 16.5 Å². The molecule has 6 nitrogen and oxygen atoms in total. The fourth-order valence-electron chi connectivity index (χ4n) is 1.84. The monoisotopic (exact) mass is 346 g/mol. The van der Waals surface area contributed by atoms with Gasteiger partial charge in [-0.25, -0.2) is 4.79 Å². The molecule has 2 rings (SSSR count). The second-order valence-electron chi connectivity index (χ2n) is 4.29. The number of benzene rings is 2. The van der Waals surface area contributed by atoms with Gasteiger partial charge in [0.1, 0.15) is 24.7 Å². The zero-order valence-electron chi connectivity index (χ0n) is 11.6. The van der Waals surface area contributed by atoms with Crippen molar-refractivity contribution in [3.8, 4) is 11.5 Å². The van der Waals surface area contributed by atoms with Gasteiger partial charge in [-0.15, -0.1) is 4.89 Å². The molecule has 0 fully saturated rings. The quantitative estimate of drug-likeness (QED) is 0.201. The summed E-state index contributed by atoms with van der Waals surface area (Å²) in [6, 6.07) is 9.89. The van der Waals surface area contributed by atoms with Crippen molar-refractivity contribution in [1.82, 2.24) is 0 Å². The largest absolute Gasteiger partial charge is 0.507 e. The van der Waals surface area contributed by atoms with E-state index in [2.05, 4.69) is 26.9 Å². The van der Waals surface area contributed by atoms with Crippen molar-refractivity contribution < 1.29 is 37.4 Å². The molecule has 0 saturated carbocycles. The number of carbonyl (C=O) groups excluding carboxylic acids is 1. The first-order chi connectivity index (χ1) is 11.0. The molecule has 0 saturated heterocycles. The summed E-state index contributed by atoms with van der Waals surface area (Å²) in [5.41, 5.74) is 0. The number of carbonyl (C=O) groups is 1.